The second-order valence-electron chi connectivity index (χ2n) is 2.83. The largest absolute Gasteiger partial charge is 0.361 e. The maximum Gasteiger partial charge on any atom is 0.0447 e. The average molecular weight is 177 g/mol. The number of aromatic nitrogens is 1. The lowest BCUT2D eigenvalue weighted by Gasteiger charge is -1.80. The van der Waals surface area contributed by atoms with Crippen molar-refractivity contribution >= 4 is 12.7 Å². The molecular weight excluding hydrogens is 158 g/mol. The van der Waals surface area contributed by atoms with Gasteiger partial charge in [0.2, 0.25) is 0 Å². The van der Waals surface area contributed by atoms with E-state index in [1.54, 1.807) is 0 Å². The van der Waals surface area contributed by atoms with Crippen LogP contribution in [0, 0.1) is 0 Å². The Kier molecular flexibility index (Phi) is 5.69. The summed E-state index contributed by atoms with van der Waals surface area (Å²) < 4.78 is 0. The molecular formula is C12H19N. The van der Waals surface area contributed by atoms with E-state index >= 15 is 0 Å². The van der Waals surface area contributed by atoms with Gasteiger partial charge >= 0.3 is 0 Å². The van der Waals surface area contributed by atoms with Gasteiger partial charge in [-0.2, -0.15) is 0 Å². The first kappa shape index (κ1) is 11.8. The lowest BCUT2D eigenvalue weighted by Crippen LogP contribution is -2.19. The lowest BCUT2D eigenvalue weighted by atomic mass is 10.3. The molecule has 1 heterocycles. The minimum Gasteiger partial charge on any atom is -0.361 e. The van der Waals surface area contributed by atoms with Crippen molar-refractivity contribution in [1.82, 2.24) is 4.98 Å². The minimum atomic E-state index is 1.04. The normalized spacial score (nSPS) is 10.3. The molecule has 0 aliphatic rings. The topological polar surface area (TPSA) is 15.8 Å². The van der Waals surface area contributed by atoms with Crippen LogP contribution in [0.1, 0.15) is 27.7 Å². The van der Waals surface area contributed by atoms with Crippen molar-refractivity contribution in [1.29, 1.82) is 0 Å². The summed E-state index contributed by atoms with van der Waals surface area (Å²) in [6.07, 6.45) is 6.01. The quantitative estimate of drug-likeness (QED) is 0.677. The third-order valence-electron chi connectivity index (χ3n) is 1.45. The third-order valence-corrected chi connectivity index (χ3v) is 1.45. The molecule has 0 atom stereocenters. The van der Waals surface area contributed by atoms with E-state index in [9.17, 15) is 0 Å². The maximum atomic E-state index is 3.87. The fourth-order valence-electron chi connectivity index (χ4n) is 0.820. The van der Waals surface area contributed by atoms with Crippen LogP contribution in [0.15, 0.2) is 23.9 Å². The van der Waals surface area contributed by atoms with Crippen LogP contribution in [0.4, 0.5) is 0 Å². The first-order chi connectivity index (χ1) is 6.20. The van der Waals surface area contributed by atoms with Crippen LogP contribution in [0.25, 0.3) is 12.7 Å². The molecule has 0 aromatic carbocycles. The van der Waals surface area contributed by atoms with Gasteiger partial charge in [0, 0.05) is 11.5 Å². The summed E-state index contributed by atoms with van der Waals surface area (Å²) in [5, 5.41) is 2.13. The van der Waals surface area contributed by atoms with Gasteiger partial charge in [0.25, 0.3) is 0 Å². The van der Waals surface area contributed by atoms with Crippen LogP contribution in [0.2, 0.25) is 0 Å². The van der Waals surface area contributed by atoms with E-state index in [0.29, 0.717) is 0 Å². The van der Waals surface area contributed by atoms with Gasteiger partial charge in [-0.05, 0) is 31.2 Å². The predicted molar refractivity (Wildman–Crippen MR) is 60.8 cm³/mol. The number of hydrogen-bond acceptors (Lipinski definition) is 0. The Hall–Kier alpha value is -1.24. The van der Waals surface area contributed by atoms with Gasteiger partial charge in [0.15, 0.2) is 0 Å². The van der Waals surface area contributed by atoms with E-state index in [1.165, 1.54) is 5.57 Å². The Morgan fingerprint density at radius 1 is 1.38 bits per heavy atom. The summed E-state index contributed by atoms with van der Waals surface area (Å²) in [7, 11) is 0. The van der Waals surface area contributed by atoms with Crippen LogP contribution < -0.4 is 10.6 Å². The molecule has 1 nitrogen and oxygen atoms in total. The molecule has 0 fully saturated rings. The molecule has 1 N–H and O–H groups in total. The Labute approximate surface area is 80.5 Å². The molecule has 1 aromatic heterocycles. The second-order valence-corrected chi connectivity index (χ2v) is 2.83. The standard InChI is InChI=1S/C10H13N.C2H6/c1-8(2)4-5-10-9(3)6-7-11-10;1-2/h4-7,11H,3H2,1-2H3;1-2H3/b10-5+;. The van der Waals surface area contributed by atoms with Crippen molar-refractivity contribution in [3.05, 3.63) is 34.5 Å². The van der Waals surface area contributed by atoms with Gasteiger partial charge < -0.3 is 4.98 Å². The number of nitrogens with one attached hydrogen (secondary N) is 1. The predicted octanol–water partition coefficient (Wildman–Crippen LogP) is 2.20. The number of allylic oxidation sites excluding steroid dienone is 2. The first-order valence-corrected chi connectivity index (χ1v) is 4.67. The second kappa shape index (κ2) is 6.30. The van der Waals surface area contributed by atoms with Crippen LogP contribution in [0.5, 0.6) is 0 Å². The Balaban J connectivity index is 0.000000671. The molecule has 0 amide bonds. The monoisotopic (exact) mass is 177 g/mol. The van der Waals surface area contributed by atoms with E-state index in [4.69, 9.17) is 0 Å². The molecule has 1 rings (SSSR count). The van der Waals surface area contributed by atoms with Crippen molar-refractivity contribution in [2.75, 3.05) is 0 Å². The van der Waals surface area contributed by atoms with Gasteiger partial charge in [-0.3, -0.25) is 0 Å². The first-order valence-electron chi connectivity index (χ1n) is 4.67. The van der Waals surface area contributed by atoms with Gasteiger partial charge in [-0.25, -0.2) is 0 Å². The lowest BCUT2D eigenvalue weighted by molar-refractivity contribution is 1.31. The summed E-state index contributed by atoms with van der Waals surface area (Å²) >= 11 is 0. The van der Waals surface area contributed by atoms with E-state index in [1.807, 2.05) is 32.2 Å². The SMILES string of the molecule is C=c1cc[nH]/c1=C/C=C(C)C.CC. The molecule has 0 saturated heterocycles. The van der Waals surface area contributed by atoms with Gasteiger partial charge in [-0.15, -0.1) is 0 Å². The van der Waals surface area contributed by atoms with Crippen LogP contribution in [-0.2, 0) is 0 Å². The highest BCUT2D eigenvalue weighted by molar-refractivity contribution is 5.37. The number of aromatic amines is 1. The van der Waals surface area contributed by atoms with E-state index in [-0.39, 0.29) is 0 Å². The molecule has 72 valence electrons. The van der Waals surface area contributed by atoms with Crippen LogP contribution >= 0.6 is 0 Å². The van der Waals surface area contributed by atoms with Crippen molar-refractivity contribution in [3.8, 4) is 0 Å². The fraction of sp³-hybridized carbons (Fsp3) is 0.333. The van der Waals surface area contributed by atoms with Crippen molar-refractivity contribution in [3.63, 3.8) is 0 Å². The van der Waals surface area contributed by atoms with Crippen molar-refractivity contribution in [2.45, 2.75) is 27.7 Å². The molecule has 0 aliphatic heterocycles. The average Bonchev–Trinajstić information content (AvgIpc) is 2.51. The molecule has 0 aliphatic carbocycles. The summed E-state index contributed by atoms with van der Waals surface area (Å²) in [5.41, 5.74) is 1.29. The summed E-state index contributed by atoms with van der Waals surface area (Å²) in [6.45, 7) is 12.0. The maximum absolute atomic E-state index is 3.87. The van der Waals surface area contributed by atoms with E-state index in [0.717, 1.165) is 10.6 Å². The summed E-state index contributed by atoms with van der Waals surface area (Å²) in [5.74, 6) is 0. The van der Waals surface area contributed by atoms with E-state index < -0.39 is 0 Å². The summed E-state index contributed by atoms with van der Waals surface area (Å²) in [4.78, 5) is 3.10. The highest BCUT2D eigenvalue weighted by Crippen LogP contribution is 1.86. The minimum absolute atomic E-state index is 1.04. The number of H-pyrrole nitrogens is 1. The molecule has 0 saturated carbocycles. The highest BCUT2D eigenvalue weighted by Gasteiger charge is 1.79. The van der Waals surface area contributed by atoms with Gasteiger partial charge in [0.05, 0.1) is 0 Å². The molecule has 0 spiro atoms. The number of rotatable bonds is 1. The molecule has 1 heteroatoms. The third kappa shape index (κ3) is 4.36. The van der Waals surface area contributed by atoms with Crippen LogP contribution in [0.3, 0.4) is 0 Å². The zero-order valence-electron chi connectivity index (χ0n) is 9.02. The molecule has 0 bridgehead atoms. The van der Waals surface area contributed by atoms with Crippen molar-refractivity contribution < 1.29 is 0 Å². The van der Waals surface area contributed by atoms with Gasteiger partial charge in [0.1, 0.15) is 0 Å². The Morgan fingerprint density at radius 3 is 2.38 bits per heavy atom. The molecule has 13 heavy (non-hydrogen) atoms. The summed E-state index contributed by atoms with van der Waals surface area (Å²) in [6, 6.07) is 1.96. The highest BCUT2D eigenvalue weighted by atomic mass is 14.6. The Bertz CT molecular complexity index is 351. The zero-order valence-corrected chi connectivity index (χ0v) is 9.02. The molecule has 0 radical (unpaired) electrons. The molecule has 1 aromatic rings. The molecule has 0 unspecified atom stereocenters. The van der Waals surface area contributed by atoms with E-state index in [2.05, 4.69) is 31.5 Å². The van der Waals surface area contributed by atoms with Crippen molar-refractivity contribution in [2.24, 2.45) is 0 Å². The van der Waals surface area contributed by atoms with Gasteiger partial charge in [-0.1, -0.05) is 32.1 Å². The van der Waals surface area contributed by atoms with Crippen LogP contribution in [-0.4, -0.2) is 4.98 Å². The smallest absolute Gasteiger partial charge is 0.0447 e. The fourth-order valence-corrected chi connectivity index (χ4v) is 0.820. The number of hydrogen-bond donors (Lipinski definition) is 1. The zero-order chi connectivity index (χ0) is 10.3. The Morgan fingerprint density at radius 2 is 2.00 bits per heavy atom.